The Balaban J connectivity index is 0.000000289. The van der Waals surface area contributed by atoms with Gasteiger partial charge >= 0.3 is 11.4 Å². The fourth-order valence-electron chi connectivity index (χ4n) is 1.14. The van der Waals surface area contributed by atoms with E-state index in [0.29, 0.717) is 12.1 Å². The van der Waals surface area contributed by atoms with Crippen molar-refractivity contribution >= 4 is 17.1 Å². The molecule has 22 heavy (non-hydrogen) atoms. The Hall–Kier alpha value is -3.63. The lowest BCUT2D eigenvalue weighted by molar-refractivity contribution is -0.404. The van der Waals surface area contributed by atoms with E-state index in [-0.39, 0.29) is 0 Å². The molecule has 0 amide bonds. The average molecular weight is 313 g/mol. The number of non-ortho nitro benzene ring substituents is 1. The van der Waals surface area contributed by atoms with E-state index in [1.54, 1.807) is 0 Å². The number of rotatable bonds is 3. The fourth-order valence-corrected chi connectivity index (χ4v) is 1.14. The zero-order chi connectivity index (χ0) is 21.0. The summed E-state index contributed by atoms with van der Waals surface area (Å²) >= 11 is 0. The summed E-state index contributed by atoms with van der Waals surface area (Å²) in [4.78, 5) is 31.0. The molecule has 2 rings (SSSR count). The third-order valence-corrected chi connectivity index (χ3v) is 2.01. The molecule has 11 nitrogen and oxygen atoms in total. The summed E-state index contributed by atoms with van der Waals surface area (Å²) < 4.78 is 35.1. The first kappa shape index (κ1) is 10.1. The summed E-state index contributed by atoms with van der Waals surface area (Å²) in [5.74, 6) is -1.21. The number of hydrogen-bond donors (Lipinski definition) is 1. The molecule has 0 fully saturated rings. The number of nitro groups is 3. The number of phenolic OH excluding ortho intramolecular Hbond substituents is 1. The molecule has 11 heteroatoms. The van der Waals surface area contributed by atoms with Gasteiger partial charge < -0.3 is 5.11 Å². The molecule has 0 aliphatic rings. The van der Waals surface area contributed by atoms with Crippen LogP contribution in [0.15, 0.2) is 42.6 Å². The number of aromatic hydroxyl groups is 1. The van der Waals surface area contributed by atoms with Crippen LogP contribution in [0.3, 0.4) is 0 Å². The fraction of sp³-hybridized carbons (Fsp3) is 0. The molecule has 0 saturated heterocycles. The second kappa shape index (κ2) is 7.23. The molecule has 0 bridgehead atoms. The van der Waals surface area contributed by atoms with Crippen LogP contribution in [0, 0.1) is 30.3 Å². The quantitative estimate of drug-likeness (QED) is 0.665. The lowest BCUT2D eigenvalue weighted by Gasteiger charge is -1.97. The van der Waals surface area contributed by atoms with Crippen LogP contribution >= 0.6 is 0 Å². The van der Waals surface area contributed by atoms with Crippen LogP contribution in [-0.4, -0.2) is 24.9 Å². The third kappa shape index (κ3) is 4.19. The SMILES string of the molecule is O=[N+]([O-])c1cc([N+](=O)[O-])c(O)c([N+](=O)[O-])c1.[2H]c1nc([2H])c([2H])c([2H])c1[2H]. The standard InChI is InChI=1S/C6H3N3O7.C5H5N/c10-6-4(8(13)14)1-3(7(11)12)2-5(6)9(15)16;1-2-4-6-5-3-1/h1-2,10H;1-5H/i;1D,2D,3D,4D,5D. The first-order valence-electron chi connectivity index (χ1n) is 7.59. The maximum atomic E-state index is 10.4. The van der Waals surface area contributed by atoms with Gasteiger partial charge in [0.05, 0.1) is 33.8 Å². The van der Waals surface area contributed by atoms with Gasteiger partial charge in [0.1, 0.15) is 0 Å². The molecule has 0 radical (unpaired) electrons. The smallest absolute Gasteiger partial charge is 0.324 e. The summed E-state index contributed by atoms with van der Waals surface area (Å²) in [6, 6.07) is -0.308. The molecule has 0 aliphatic heterocycles. The second-order valence-electron chi connectivity index (χ2n) is 3.31. The first-order valence-corrected chi connectivity index (χ1v) is 5.09. The van der Waals surface area contributed by atoms with Gasteiger partial charge in [-0.25, -0.2) is 0 Å². The van der Waals surface area contributed by atoms with Crippen LogP contribution in [0.1, 0.15) is 6.85 Å². The number of nitrogens with zero attached hydrogens (tertiary/aromatic N) is 4. The molecule has 0 saturated carbocycles. The highest BCUT2D eigenvalue weighted by atomic mass is 16.6. The van der Waals surface area contributed by atoms with E-state index in [2.05, 4.69) is 4.98 Å². The van der Waals surface area contributed by atoms with Crippen molar-refractivity contribution in [1.29, 1.82) is 0 Å². The molecule has 2 aromatic rings. The van der Waals surface area contributed by atoms with E-state index in [1.165, 1.54) is 0 Å². The van der Waals surface area contributed by atoms with E-state index in [1.807, 2.05) is 0 Å². The first-order chi connectivity index (χ1) is 12.4. The summed E-state index contributed by atoms with van der Waals surface area (Å²) in [6.45, 7) is 0. The van der Waals surface area contributed by atoms with Crippen molar-refractivity contribution in [2.75, 3.05) is 0 Å². The zero-order valence-electron chi connectivity index (χ0n) is 15.3. The minimum absolute atomic E-state index is 0.397. The number of pyridine rings is 1. The van der Waals surface area contributed by atoms with Gasteiger partial charge in [-0.2, -0.15) is 0 Å². The Morgan fingerprint density at radius 2 is 1.36 bits per heavy atom. The zero-order valence-corrected chi connectivity index (χ0v) is 10.3. The molecule has 0 unspecified atom stereocenters. The maximum Gasteiger partial charge on any atom is 0.324 e. The van der Waals surface area contributed by atoms with Crippen molar-refractivity contribution < 1.29 is 26.7 Å². The Labute approximate surface area is 128 Å². The van der Waals surface area contributed by atoms with Crippen molar-refractivity contribution in [2.45, 2.75) is 0 Å². The largest absolute Gasteiger partial charge is 0.497 e. The van der Waals surface area contributed by atoms with Gasteiger partial charge in [0.25, 0.3) is 11.4 Å². The van der Waals surface area contributed by atoms with Crippen LogP contribution < -0.4 is 0 Å². The van der Waals surface area contributed by atoms with Crippen LogP contribution in [0.25, 0.3) is 0 Å². The molecule has 1 aromatic heterocycles. The van der Waals surface area contributed by atoms with E-state index < -0.39 is 68.1 Å². The summed E-state index contributed by atoms with van der Waals surface area (Å²) in [5.41, 5.74) is -3.00. The maximum absolute atomic E-state index is 10.4. The van der Waals surface area contributed by atoms with Crippen LogP contribution in [0.2, 0.25) is 0 Å². The predicted molar refractivity (Wildman–Crippen MR) is 72.3 cm³/mol. The summed E-state index contributed by atoms with van der Waals surface area (Å²) in [6.07, 6.45) is -0.841. The molecule has 0 aliphatic carbocycles. The number of aromatic nitrogens is 1. The average Bonchev–Trinajstić information content (AvgIpc) is 2.58. The van der Waals surface area contributed by atoms with Gasteiger partial charge in [-0.15, -0.1) is 0 Å². The van der Waals surface area contributed by atoms with Gasteiger partial charge in [-0.3, -0.25) is 35.3 Å². The normalized spacial score (nSPS) is 12.5. The summed E-state index contributed by atoms with van der Waals surface area (Å²) in [5, 5.41) is 40.2. The van der Waals surface area contributed by atoms with Gasteiger partial charge in [0.15, 0.2) is 0 Å². The van der Waals surface area contributed by atoms with Gasteiger partial charge in [-0.05, 0) is 12.1 Å². The highest BCUT2D eigenvalue weighted by molar-refractivity contribution is 5.64. The molecule has 1 heterocycles. The number of nitro benzene ring substituents is 3. The Bertz CT molecular complexity index is 894. The lowest BCUT2D eigenvalue weighted by Crippen LogP contribution is -1.97. The minimum atomic E-state index is -1.21. The van der Waals surface area contributed by atoms with Crippen LogP contribution in [0.4, 0.5) is 17.1 Å². The van der Waals surface area contributed by atoms with Crippen LogP contribution in [-0.2, 0) is 0 Å². The van der Waals surface area contributed by atoms with E-state index in [0.717, 1.165) is 0 Å². The molecule has 1 aromatic carbocycles. The lowest BCUT2D eigenvalue weighted by atomic mass is 10.2. The molecular formula is C11H8N4O7. The van der Waals surface area contributed by atoms with Crippen molar-refractivity contribution in [3.05, 3.63) is 72.9 Å². The molecule has 0 atom stereocenters. The summed E-state index contributed by atoms with van der Waals surface area (Å²) in [7, 11) is 0. The minimum Gasteiger partial charge on any atom is -0.497 e. The van der Waals surface area contributed by atoms with Crippen molar-refractivity contribution in [3.63, 3.8) is 0 Å². The molecular weight excluding hydrogens is 300 g/mol. The van der Waals surface area contributed by atoms with Gasteiger partial charge in [0.2, 0.25) is 0 Å². The highest BCUT2D eigenvalue weighted by Gasteiger charge is 2.30. The Morgan fingerprint density at radius 1 is 0.909 bits per heavy atom. The highest BCUT2D eigenvalue weighted by Crippen LogP contribution is 2.38. The monoisotopic (exact) mass is 313 g/mol. The second-order valence-corrected chi connectivity index (χ2v) is 3.31. The number of hydrogen-bond acceptors (Lipinski definition) is 8. The van der Waals surface area contributed by atoms with Crippen molar-refractivity contribution in [3.8, 4) is 5.75 Å². The topological polar surface area (TPSA) is 163 Å². The third-order valence-electron chi connectivity index (χ3n) is 2.01. The molecule has 114 valence electrons. The molecule has 0 spiro atoms. The van der Waals surface area contributed by atoms with E-state index >= 15 is 0 Å². The predicted octanol–water partition coefficient (Wildman–Crippen LogP) is 2.20. The van der Waals surface area contributed by atoms with Gasteiger partial charge in [0, 0.05) is 12.3 Å². The Morgan fingerprint density at radius 3 is 1.73 bits per heavy atom. The van der Waals surface area contributed by atoms with Crippen molar-refractivity contribution in [2.24, 2.45) is 0 Å². The number of phenols is 1. The van der Waals surface area contributed by atoms with Crippen molar-refractivity contribution in [1.82, 2.24) is 4.98 Å². The van der Waals surface area contributed by atoms with E-state index in [9.17, 15) is 30.3 Å². The van der Waals surface area contributed by atoms with Gasteiger partial charge in [-0.1, -0.05) is 6.04 Å². The molecule has 1 N–H and O–H groups in total. The number of benzene rings is 1. The Kier molecular flexibility index (Phi) is 3.34. The van der Waals surface area contributed by atoms with E-state index in [4.69, 9.17) is 12.0 Å². The van der Waals surface area contributed by atoms with Crippen LogP contribution in [0.5, 0.6) is 5.75 Å².